The number of nitrogens with one attached hydrogen (secondary N) is 1. The summed E-state index contributed by atoms with van der Waals surface area (Å²) in [4.78, 5) is 14.8. The topological polar surface area (TPSA) is 90.3 Å². The van der Waals surface area contributed by atoms with Crippen molar-refractivity contribution in [3.63, 3.8) is 0 Å². The minimum absolute atomic E-state index is 0.226. The Kier molecular flexibility index (Phi) is 5.63. The highest BCUT2D eigenvalue weighted by Crippen LogP contribution is 2.55. The summed E-state index contributed by atoms with van der Waals surface area (Å²) in [7, 11) is -3.44. The molecule has 2 fully saturated rings. The summed E-state index contributed by atoms with van der Waals surface area (Å²) in [6.07, 6.45) is 3.45. The van der Waals surface area contributed by atoms with Crippen LogP contribution in [-0.2, 0) is 21.2 Å². The second kappa shape index (κ2) is 8.10. The quantitative estimate of drug-likeness (QED) is 0.752. The van der Waals surface area contributed by atoms with Crippen LogP contribution >= 0.6 is 0 Å². The van der Waals surface area contributed by atoms with E-state index in [2.05, 4.69) is 10.8 Å². The van der Waals surface area contributed by atoms with Crippen LogP contribution in [0.4, 0.5) is 0 Å². The van der Waals surface area contributed by atoms with Crippen molar-refractivity contribution in [2.45, 2.75) is 38.3 Å². The monoisotopic (exact) mass is 437 g/mol. The van der Waals surface area contributed by atoms with E-state index >= 15 is 0 Å². The van der Waals surface area contributed by atoms with Gasteiger partial charge in [-0.25, -0.2) is 13.1 Å². The van der Waals surface area contributed by atoms with Gasteiger partial charge >= 0.3 is 0 Å². The molecule has 1 saturated carbocycles. The largest absolute Gasteiger partial charge is 0.336 e. The average molecular weight is 438 g/mol. The summed E-state index contributed by atoms with van der Waals surface area (Å²) >= 11 is 0. The third kappa shape index (κ3) is 4.51. The third-order valence-electron chi connectivity index (χ3n) is 6.49. The maximum absolute atomic E-state index is 13.0. The second-order valence-electron chi connectivity index (χ2n) is 8.88. The Morgan fingerprint density at radius 2 is 1.87 bits per heavy atom. The lowest BCUT2D eigenvalue weighted by molar-refractivity contribution is -0.134. The average Bonchev–Trinajstić information content (AvgIpc) is 3.48. The summed E-state index contributed by atoms with van der Waals surface area (Å²) < 4.78 is 27.1. The molecular formula is C24H27N3O3S. The highest BCUT2D eigenvalue weighted by atomic mass is 32.2. The van der Waals surface area contributed by atoms with Crippen molar-refractivity contribution in [1.82, 2.24) is 9.62 Å². The van der Waals surface area contributed by atoms with Crippen LogP contribution in [-0.4, -0.2) is 44.1 Å². The maximum Gasteiger partial charge on any atom is 0.239 e. The minimum atomic E-state index is -3.44. The number of carbonyl (C=O) groups is 1. The highest BCUT2D eigenvalue weighted by Gasteiger charge is 2.61. The van der Waals surface area contributed by atoms with Gasteiger partial charge in [-0.05, 0) is 42.9 Å². The van der Waals surface area contributed by atoms with Crippen molar-refractivity contribution in [3.8, 4) is 17.2 Å². The molecule has 1 amide bonds. The van der Waals surface area contributed by atoms with E-state index in [1.807, 2.05) is 54.6 Å². The van der Waals surface area contributed by atoms with Crippen LogP contribution < -0.4 is 4.72 Å². The molecule has 2 aromatic carbocycles. The predicted octanol–water partition coefficient (Wildman–Crippen LogP) is 2.96. The van der Waals surface area contributed by atoms with Gasteiger partial charge in [-0.3, -0.25) is 4.79 Å². The number of nitriles is 1. The normalized spacial score (nSPS) is 22.8. The van der Waals surface area contributed by atoms with Gasteiger partial charge in [0.2, 0.25) is 15.9 Å². The van der Waals surface area contributed by atoms with Crippen LogP contribution in [0.1, 0.15) is 25.3 Å². The SMILES string of the molecule is C[C@@H](C#N)C(=O)N1CC2(CC2)[C@H](NS(C)(=O)=O)[C@@H]1Cc1cccc(-c2ccccc2)c1. The summed E-state index contributed by atoms with van der Waals surface area (Å²) in [5.74, 6) is -0.985. The van der Waals surface area contributed by atoms with E-state index in [1.54, 1.807) is 11.8 Å². The lowest BCUT2D eigenvalue weighted by Crippen LogP contribution is -2.50. The van der Waals surface area contributed by atoms with Gasteiger partial charge in [-0.15, -0.1) is 0 Å². The summed E-state index contributed by atoms with van der Waals surface area (Å²) in [5, 5.41) is 9.29. The highest BCUT2D eigenvalue weighted by molar-refractivity contribution is 7.88. The van der Waals surface area contributed by atoms with E-state index in [0.717, 1.165) is 29.5 Å². The number of amides is 1. The number of rotatable bonds is 6. The molecule has 1 aliphatic carbocycles. The van der Waals surface area contributed by atoms with Gasteiger partial charge in [0.05, 0.1) is 18.4 Å². The molecule has 3 atom stereocenters. The third-order valence-corrected chi connectivity index (χ3v) is 7.17. The van der Waals surface area contributed by atoms with Gasteiger partial charge in [-0.2, -0.15) is 5.26 Å². The zero-order chi connectivity index (χ0) is 22.2. The number of benzene rings is 2. The van der Waals surface area contributed by atoms with E-state index in [9.17, 15) is 18.5 Å². The molecule has 31 heavy (non-hydrogen) atoms. The summed E-state index contributed by atoms with van der Waals surface area (Å²) in [5.41, 5.74) is 2.99. The zero-order valence-corrected chi connectivity index (χ0v) is 18.6. The molecule has 1 aliphatic heterocycles. The first-order valence-corrected chi connectivity index (χ1v) is 12.4. The molecular weight excluding hydrogens is 410 g/mol. The molecule has 0 unspecified atom stereocenters. The maximum atomic E-state index is 13.0. The Balaban J connectivity index is 1.68. The molecule has 1 spiro atoms. The molecule has 1 N–H and O–H groups in total. The zero-order valence-electron chi connectivity index (χ0n) is 17.8. The van der Waals surface area contributed by atoms with Crippen molar-refractivity contribution < 1.29 is 13.2 Å². The fraction of sp³-hybridized carbons (Fsp3) is 0.417. The Morgan fingerprint density at radius 3 is 2.48 bits per heavy atom. The van der Waals surface area contributed by atoms with Gasteiger partial charge in [-0.1, -0.05) is 54.6 Å². The standard InChI is InChI=1S/C24H27N3O3S/c1-17(15-25)23(28)27-16-24(11-12-24)22(26-31(2,29)30)21(27)14-18-7-6-10-20(13-18)19-8-4-3-5-9-19/h3-10,13,17,21-22,26H,11-12,14,16H2,1-2H3/t17-,21-,22+/m0/s1. The lowest BCUT2D eigenvalue weighted by Gasteiger charge is -2.30. The van der Waals surface area contributed by atoms with Crippen molar-refractivity contribution in [2.24, 2.45) is 11.3 Å². The molecule has 0 radical (unpaired) electrons. The number of sulfonamides is 1. The van der Waals surface area contributed by atoms with E-state index in [4.69, 9.17) is 0 Å². The smallest absolute Gasteiger partial charge is 0.239 e. The van der Waals surface area contributed by atoms with Crippen LogP contribution in [0.5, 0.6) is 0 Å². The molecule has 2 aromatic rings. The lowest BCUT2D eigenvalue weighted by atomic mass is 9.91. The number of nitrogens with zero attached hydrogens (tertiary/aromatic N) is 2. The first-order chi connectivity index (χ1) is 14.7. The minimum Gasteiger partial charge on any atom is -0.336 e. The molecule has 1 saturated heterocycles. The van der Waals surface area contributed by atoms with Gasteiger partial charge in [0.15, 0.2) is 0 Å². The van der Waals surface area contributed by atoms with Crippen molar-refractivity contribution >= 4 is 15.9 Å². The van der Waals surface area contributed by atoms with E-state index < -0.39 is 15.9 Å². The fourth-order valence-electron chi connectivity index (χ4n) is 4.73. The first-order valence-electron chi connectivity index (χ1n) is 10.5. The van der Waals surface area contributed by atoms with E-state index in [1.165, 1.54) is 6.26 Å². The first kappa shape index (κ1) is 21.5. The number of hydrogen-bond donors (Lipinski definition) is 1. The van der Waals surface area contributed by atoms with E-state index in [-0.39, 0.29) is 23.4 Å². The van der Waals surface area contributed by atoms with Crippen LogP contribution in [0, 0.1) is 22.7 Å². The number of likely N-dealkylation sites (tertiary alicyclic amines) is 1. The van der Waals surface area contributed by atoms with E-state index in [0.29, 0.717) is 13.0 Å². The molecule has 0 aromatic heterocycles. The van der Waals surface area contributed by atoms with Crippen LogP contribution in [0.2, 0.25) is 0 Å². The molecule has 6 nitrogen and oxygen atoms in total. The van der Waals surface area contributed by atoms with Crippen molar-refractivity contribution in [2.75, 3.05) is 12.8 Å². The fourth-order valence-corrected chi connectivity index (χ4v) is 5.60. The number of hydrogen-bond acceptors (Lipinski definition) is 4. The van der Waals surface area contributed by atoms with Crippen LogP contribution in [0.3, 0.4) is 0 Å². The summed E-state index contributed by atoms with van der Waals surface area (Å²) in [6, 6.07) is 19.6. The number of carbonyl (C=O) groups excluding carboxylic acids is 1. The molecule has 4 rings (SSSR count). The van der Waals surface area contributed by atoms with Crippen molar-refractivity contribution in [1.29, 1.82) is 5.26 Å². The molecule has 7 heteroatoms. The van der Waals surface area contributed by atoms with Gasteiger partial charge in [0.25, 0.3) is 0 Å². The van der Waals surface area contributed by atoms with Gasteiger partial charge in [0, 0.05) is 18.0 Å². The van der Waals surface area contributed by atoms with Crippen molar-refractivity contribution in [3.05, 3.63) is 60.2 Å². The Hall–Kier alpha value is -2.69. The Bertz CT molecular complexity index is 1120. The molecule has 0 bridgehead atoms. The Morgan fingerprint density at radius 1 is 1.19 bits per heavy atom. The summed E-state index contributed by atoms with van der Waals surface area (Å²) in [6.45, 7) is 2.10. The van der Waals surface area contributed by atoms with Gasteiger partial charge < -0.3 is 4.90 Å². The second-order valence-corrected chi connectivity index (χ2v) is 10.7. The Labute approximate surface area is 183 Å². The molecule has 2 aliphatic rings. The molecule has 1 heterocycles. The van der Waals surface area contributed by atoms with Crippen LogP contribution in [0.25, 0.3) is 11.1 Å². The predicted molar refractivity (Wildman–Crippen MR) is 119 cm³/mol. The van der Waals surface area contributed by atoms with Gasteiger partial charge in [0.1, 0.15) is 5.92 Å². The molecule has 162 valence electrons. The van der Waals surface area contributed by atoms with Crippen LogP contribution in [0.15, 0.2) is 54.6 Å².